The van der Waals surface area contributed by atoms with Crippen molar-refractivity contribution in [1.82, 2.24) is 9.80 Å². The van der Waals surface area contributed by atoms with Crippen LogP contribution in [0.5, 0.6) is 5.75 Å². The summed E-state index contributed by atoms with van der Waals surface area (Å²) in [4.78, 5) is 27.4. The van der Waals surface area contributed by atoms with E-state index in [9.17, 15) is 9.59 Å². The lowest BCUT2D eigenvalue weighted by molar-refractivity contribution is -0.137. The highest BCUT2D eigenvalue weighted by atomic mass is 35.5. The maximum atomic E-state index is 12.4. The molecule has 0 spiro atoms. The summed E-state index contributed by atoms with van der Waals surface area (Å²) in [6.07, 6.45) is 2.04. The summed E-state index contributed by atoms with van der Waals surface area (Å²) in [6, 6.07) is 3.28. The fourth-order valence-corrected chi connectivity index (χ4v) is 3.27. The van der Waals surface area contributed by atoms with Gasteiger partial charge in [0.15, 0.2) is 0 Å². The first-order chi connectivity index (χ1) is 12.5. The first kappa shape index (κ1) is 20.6. The smallest absolute Gasteiger partial charge is 0.246 e. The maximum absolute atomic E-state index is 12.4. The largest absolute Gasteiger partial charge is 0.490 e. The fraction of sp³-hybridized carbons (Fsp3) is 0.444. The zero-order valence-electron chi connectivity index (χ0n) is 14.4. The topological polar surface area (TPSA) is 70.1 Å². The third-order valence-electron chi connectivity index (χ3n) is 4.18. The summed E-state index contributed by atoms with van der Waals surface area (Å²) >= 11 is 12.3. The number of hydrogen-bond donors (Lipinski definition) is 1. The van der Waals surface area contributed by atoms with Crippen LogP contribution in [0.2, 0.25) is 10.0 Å². The fourth-order valence-electron chi connectivity index (χ4n) is 2.73. The molecule has 2 rings (SSSR count). The number of aliphatic hydroxyl groups excluding tert-OH is 1. The van der Waals surface area contributed by atoms with E-state index in [0.29, 0.717) is 54.8 Å². The Bertz CT molecular complexity index is 673. The van der Waals surface area contributed by atoms with Gasteiger partial charge in [-0.15, -0.1) is 0 Å². The SMILES string of the molecule is C=CC(=O)N1CCN(C(=O)CCc2cc(OCCO)c(Cl)cc2Cl)CC1. The van der Waals surface area contributed by atoms with Gasteiger partial charge in [-0.05, 0) is 30.2 Å². The first-order valence-electron chi connectivity index (χ1n) is 8.37. The van der Waals surface area contributed by atoms with Crippen molar-refractivity contribution in [3.63, 3.8) is 0 Å². The molecule has 1 aliphatic heterocycles. The second-order valence-electron chi connectivity index (χ2n) is 5.86. The van der Waals surface area contributed by atoms with Crippen molar-refractivity contribution in [2.75, 3.05) is 39.4 Å². The van der Waals surface area contributed by atoms with Gasteiger partial charge < -0.3 is 19.6 Å². The van der Waals surface area contributed by atoms with Crippen molar-refractivity contribution in [3.05, 3.63) is 40.4 Å². The third-order valence-corrected chi connectivity index (χ3v) is 4.82. The number of halogens is 2. The molecule has 6 nitrogen and oxygen atoms in total. The Morgan fingerprint density at radius 3 is 2.42 bits per heavy atom. The molecule has 142 valence electrons. The van der Waals surface area contributed by atoms with Gasteiger partial charge in [0.25, 0.3) is 0 Å². The minimum absolute atomic E-state index is 0.0135. The number of piperazine rings is 1. The van der Waals surface area contributed by atoms with E-state index < -0.39 is 0 Å². The summed E-state index contributed by atoms with van der Waals surface area (Å²) in [5.74, 6) is 0.337. The van der Waals surface area contributed by atoms with Crippen LogP contribution in [0.1, 0.15) is 12.0 Å². The Kier molecular flexibility index (Phi) is 7.75. The van der Waals surface area contributed by atoms with Gasteiger partial charge >= 0.3 is 0 Å². The molecule has 0 bridgehead atoms. The van der Waals surface area contributed by atoms with E-state index in [4.69, 9.17) is 33.0 Å². The molecule has 0 aromatic heterocycles. The lowest BCUT2D eigenvalue weighted by atomic mass is 10.1. The van der Waals surface area contributed by atoms with Crippen LogP contribution < -0.4 is 4.74 Å². The van der Waals surface area contributed by atoms with Crippen molar-refractivity contribution < 1.29 is 19.4 Å². The molecule has 1 heterocycles. The van der Waals surface area contributed by atoms with E-state index in [2.05, 4.69) is 6.58 Å². The average molecular weight is 401 g/mol. The van der Waals surface area contributed by atoms with Gasteiger partial charge in [-0.1, -0.05) is 29.8 Å². The molecule has 1 aromatic rings. The molecular formula is C18H22Cl2N2O4. The standard InChI is InChI=1S/C18H22Cl2N2O4/c1-2-17(24)21-5-7-22(8-6-21)18(25)4-3-13-11-16(26-10-9-23)15(20)12-14(13)19/h2,11-12,23H,1,3-10H2. The van der Waals surface area contributed by atoms with Crippen LogP contribution in [0.25, 0.3) is 0 Å². The summed E-state index contributed by atoms with van der Waals surface area (Å²) in [6.45, 7) is 5.54. The van der Waals surface area contributed by atoms with Crippen LogP contribution in [-0.4, -0.2) is 66.1 Å². The molecule has 8 heteroatoms. The zero-order chi connectivity index (χ0) is 19.1. The lowest BCUT2D eigenvalue weighted by Gasteiger charge is -2.34. The molecule has 1 saturated heterocycles. The molecule has 1 aliphatic rings. The van der Waals surface area contributed by atoms with Crippen LogP contribution in [0, 0.1) is 0 Å². The van der Waals surface area contributed by atoms with Crippen LogP contribution in [-0.2, 0) is 16.0 Å². The van der Waals surface area contributed by atoms with Gasteiger partial charge in [0.1, 0.15) is 12.4 Å². The second kappa shape index (κ2) is 9.80. The number of aliphatic hydroxyl groups is 1. The monoisotopic (exact) mass is 400 g/mol. The van der Waals surface area contributed by atoms with Crippen LogP contribution >= 0.6 is 23.2 Å². The van der Waals surface area contributed by atoms with Gasteiger partial charge in [0.05, 0.1) is 11.6 Å². The quantitative estimate of drug-likeness (QED) is 0.711. The van der Waals surface area contributed by atoms with E-state index in [-0.39, 0.29) is 25.0 Å². The number of aryl methyl sites for hydroxylation is 1. The molecule has 2 amide bonds. The van der Waals surface area contributed by atoms with E-state index in [1.807, 2.05) is 0 Å². The molecule has 1 aromatic carbocycles. The number of hydrogen-bond acceptors (Lipinski definition) is 4. The predicted molar refractivity (Wildman–Crippen MR) is 101 cm³/mol. The van der Waals surface area contributed by atoms with Gasteiger partial charge in [-0.2, -0.15) is 0 Å². The minimum Gasteiger partial charge on any atom is -0.490 e. The lowest BCUT2D eigenvalue weighted by Crippen LogP contribution is -2.50. The minimum atomic E-state index is -0.118. The van der Waals surface area contributed by atoms with Gasteiger partial charge in [-0.25, -0.2) is 0 Å². The number of carbonyl (C=O) groups excluding carboxylic acids is 2. The summed E-state index contributed by atoms with van der Waals surface area (Å²) in [7, 11) is 0. The Balaban J connectivity index is 1.91. The number of nitrogens with zero attached hydrogens (tertiary/aromatic N) is 2. The van der Waals surface area contributed by atoms with Crippen LogP contribution in [0.3, 0.4) is 0 Å². The molecule has 0 unspecified atom stereocenters. The Morgan fingerprint density at radius 2 is 1.81 bits per heavy atom. The van der Waals surface area contributed by atoms with E-state index in [1.54, 1.807) is 21.9 Å². The van der Waals surface area contributed by atoms with Gasteiger partial charge in [0.2, 0.25) is 11.8 Å². The molecular weight excluding hydrogens is 379 g/mol. The zero-order valence-corrected chi connectivity index (χ0v) is 15.9. The third kappa shape index (κ3) is 5.37. The van der Waals surface area contributed by atoms with Crippen LogP contribution in [0.4, 0.5) is 0 Å². The molecule has 26 heavy (non-hydrogen) atoms. The summed E-state index contributed by atoms with van der Waals surface area (Å²) in [5.41, 5.74) is 0.762. The Hall–Kier alpha value is -1.76. The van der Waals surface area contributed by atoms with E-state index >= 15 is 0 Å². The van der Waals surface area contributed by atoms with Gasteiger partial charge in [-0.3, -0.25) is 9.59 Å². The number of ether oxygens (including phenoxy) is 1. The van der Waals surface area contributed by atoms with E-state index in [1.165, 1.54) is 6.08 Å². The van der Waals surface area contributed by atoms with Crippen molar-refractivity contribution in [2.24, 2.45) is 0 Å². The van der Waals surface area contributed by atoms with E-state index in [0.717, 1.165) is 5.56 Å². The average Bonchev–Trinajstić information content (AvgIpc) is 2.65. The number of rotatable bonds is 7. The van der Waals surface area contributed by atoms with Crippen molar-refractivity contribution in [1.29, 1.82) is 0 Å². The second-order valence-corrected chi connectivity index (χ2v) is 6.67. The summed E-state index contributed by atoms with van der Waals surface area (Å²) in [5, 5.41) is 9.69. The maximum Gasteiger partial charge on any atom is 0.246 e. The Labute approximate surface area is 162 Å². The van der Waals surface area contributed by atoms with Crippen LogP contribution in [0.15, 0.2) is 24.8 Å². The van der Waals surface area contributed by atoms with Crippen molar-refractivity contribution >= 4 is 35.0 Å². The highest BCUT2D eigenvalue weighted by Crippen LogP contribution is 2.32. The van der Waals surface area contributed by atoms with Crippen molar-refractivity contribution in [2.45, 2.75) is 12.8 Å². The molecule has 0 aliphatic carbocycles. The molecule has 0 radical (unpaired) electrons. The predicted octanol–water partition coefficient (Wildman–Crippen LogP) is 2.15. The first-order valence-corrected chi connectivity index (χ1v) is 9.12. The molecule has 1 fully saturated rings. The number of benzene rings is 1. The normalized spacial score (nSPS) is 14.3. The van der Waals surface area contributed by atoms with Gasteiger partial charge in [0, 0.05) is 37.6 Å². The number of carbonyl (C=O) groups is 2. The molecule has 1 N–H and O–H groups in total. The molecule has 0 atom stereocenters. The molecule has 0 saturated carbocycles. The Morgan fingerprint density at radius 1 is 1.15 bits per heavy atom. The summed E-state index contributed by atoms with van der Waals surface area (Å²) < 4.78 is 5.37. The van der Waals surface area contributed by atoms with Crippen molar-refractivity contribution in [3.8, 4) is 5.75 Å². The number of amides is 2. The highest BCUT2D eigenvalue weighted by molar-refractivity contribution is 6.36. The highest BCUT2D eigenvalue weighted by Gasteiger charge is 2.23.